The average Bonchev–Trinajstić information content (AvgIpc) is 2.37. The van der Waals surface area contributed by atoms with E-state index in [0.29, 0.717) is 5.92 Å². The molecule has 0 aliphatic heterocycles. The third-order valence-electron chi connectivity index (χ3n) is 4.36. The van der Waals surface area contributed by atoms with E-state index < -0.39 is 0 Å². The van der Waals surface area contributed by atoms with Crippen molar-refractivity contribution in [2.24, 2.45) is 5.92 Å². The first-order chi connectivity index (χ1) is 9.27. The van der Waals surface area contributed by atoms with Gasteiger partial charge in [0.15, 0.2) is 0 Å². The van der Waals surface area contributed by atoms with Crippen molar-refractivity contribution in [3.8, 4) is 0 Å². The lowest BCUT2D eigenvalue weighted by atomic mass is 9.70. The summed E-state index contributed by atoms with van der Waals surface area (Å²) >= 11 is 0. The third kappa shape index (κ3) is 4.00. The smallest absolute Gasteiger partial charge is 0.0152 e. The maximum absolute atomic E-state index is 4.05. The number of hydrogen-bond donors (Lipinski definition) is 1. The molecule has 1 aromatic rings. The largest absolute Gasteiger partial charge is 0.389 e. The fourth-order valence-corrected chi connectivity index (χ4v) is 2.44. The lowest BCUT2D eigenvalue weighted by Crippen LogP contribution is -2.32. The van der Waals surface area contributed by atoms with E-state index in [4.69, 9.17) is 0 Å². The van der Waals surface area contributed by atoms with Crippen molar-refractivity contribution in [2.45, 2.75) is 46.5 Å². The summed E-state index contributed by atoms with van der Waals surface area (Å²) in [5.41, 5.74) is 4.96. The Bertz CT molecular complexity index is 484. The number of nitrogens with one attached hydrogen (secondary N) is 1. The van der Waals surface area contributed by atoms with Crippen LogP contribution in [0.1, 0.15) is 52.2 Å². The van der Waals surface area contributed by atoms with Crippen LogP contribution in [0, 0.1) is 5.92 Å². The van der Waals surface area contributed by atoms with Crippen LogP contribution in [0.2, 0.25) is 0 Å². The van der Waals surface area contributed by atoms with Crippen LogP contribution in [0.5, 0.6) is 0 Å². The van der Waals surface area contributed by atoms with E-state index in [-0.39, 0.29) is 5.41 Å². The molecule has 0 radical (unpaired) electrons. The minimum absolute atomic E-state index is 0.161. The molecule has 0 amide bonds. The number of benzene rings is 1. The molecule has 0 saturated carbocycles. The molecule has 0 aromatic heterocycles. The fourth-order valence-electron chi connectivity index (χ4n) is 2.44. The van der Waals surface area contributed by atoms with Crippen molar-refractivity contribution in [1.82, 2.24) is 5.32 Å². The van der Waals surface area contributed by atoms with Crippen molar-refractivity contribution in [2.75, 3.05) is 6.54 Å². The van der Waals surface area contributed by atoms with Gasteiger partial charge >= 0.3 is 0 Å². The summed E-state index contributed by atoms with van der Waals surface area (Å²) in [5, 5.41) is 3.35. The summed E-state index contributed by atoms with van der Waals surface area (Å²) in [6.45, 7) is 19.9. The highest BCUT2D eigenvalue weighted by atomic mass is 14.9. The second-order valence-corrected chi connectivity index (χ2v) is 6.39. The van der Waals surface area contributed by atoms with Crippen molar-refractivity contribution < 1.29 is 0 Å². The zero-order chi connectivity index (χ0) is 15.3. The molecule has 0 bridgehead atoms. The zero-order valence-corrected chi connectivity index (χ0v) is 13.7. The highest BCUT2D eigenvalue weighted by Crippen LogP contribution is 2.36. The molecule has 0 aliphatic rings. The van der Waals surface area contributed by atoms with E-state index in [0.717, 1.165) is 24.2 Å². The molecule has 0 spiro atoms. The number of allylic oxidation sites excluding steroid dienone is 2. The van der Waals surface area contributed by atoms with Gasteiger partial charge in [-0.15, -0.1) is 0 Å². The van der Waals surface area contributed by atoms with Crippen LogP contribution in [0.15, 0.2) is 43.1 Å². The van der Waals surface area contributed by atoms with E-state index >= 15 is 0 Å². The van der Waals surface area contributed by atoms with Crippen molar-refractivity contribution in [1.29, 1.82) is 0 Å². The second-order valence-electron chi connectivity index (χ2n) is 6.39. The molecular weight excluding hydrogens is 242 g/mol. The predicted molar refractivity (Wildman–Crippen MR) is 90.8 cm³/mol. The molecule has 110 valence electrons. The highest BCUT2D eigenvalue weighted by molar-refractivity contribution is 5.62. The predicted octanol–water partition coefficient (Wildman–Crippen LogP) is 5.15. The molecule has 0 aliphatic carbocycles. The standard InChI is InChI=1S/C19H29N/c1-14(2)17-9-8-10-18(13-17)19(7,15(3)4)11-12-20-16(5)6/h8-10,13,15,20H,1,5,11-12H2,2-4,6-7H3. The number of rotatable bonds is 7. The first kappa shape index (κ1) is 16.6. The molecule has 0 fully saturated rings. The summed E-state index contributed by atoms with van der Waals surface area (Å²) in [4.78, 5) is 0. The van der Waals surface area contributed by atoms with Crippen molar-refractivity contribution in [3.63, 3.8) is 0 Å². The molecule has 1 unspecified atom stereocenters. The first-order valence-corrected chi connectivity index (χ1v) is 7.43. The molecule has 0 saturated heterocycles. The molecule has 1 rings (SSSR count). The molecule has 1 atom stereocenters. The van der Waals surface area contributed by atoms with Gasteiger partial charge in [-0.25, -0.2) is 0 Å². The maximum atomic E-state index is 4.05. The van der Waals surface area contributed by atoms with Gasteiger partial charge < -0.3 is 5.32 Å². The zero-order valence-electron chi connectivity index (χ0n) is 13.7. The van der Waals surface area contributed by atoms with Gasteiger partial charge in [0.05, 0.1) is 0 Å². The van der Waals surface area contributed by atoms with Crippen LogP contribution < -0.4 is 5.32 Å². The van der Waals surface area contributed by atoms with E-state index in [9.17, 15) is 0 Å². The van der Waals surface area contributed by atoms with E-state index in [1.54, 1.807) is 0 Å². The maximum Gasteiger partial charge on any atom is 0.0152 e. The van der Waals surface area contributed by atoms with E-state index in [1.807, 2.05) is 6.92 Å². The quantitative estimate of drug-likeness (QED) is 0.723. The van der Waals surface area contributed by atoms with E-state index in [2.05, 4.69) is 70.4 Å². The van der Waals surface area contributed by atoms with Crippen LogP contribution in [0.25, 0.3) is 5.57 Å². The van der Waals surface area contributed by atoms with Crippen molar-refractivity contribution >= 4 is 5.57 Å². The molecule has 1 heteroatoms. The summed E-state index contributed by atoms with van der Waals surface area (Å²) in [7, 11) is 0. The normalized spacial score (nSPS) is 13.9. The van der Waals surface area contributed by atoms with Gasteiger partial charge in [0.25, 0.3) is 0 Å². The molecule has 1 N–H and O–H groups in total. The Morgan fingerprint density at radius 1 is 1.25 bits per heavy atom. The van der Waals surface area contributed by atoms with Gasteiger partial charge in [-0.1, -0.05) is 63.8 Å². The molecule has 1 aromatic carbocycles. The summed E-state index contributed by atoms with van der Waals surface area (Å²) < 4.78 is 0. The van der Waals surface area contributed by atoms with Gasteiger partial charge in [-0.2, -0.15) is 0 Å². The topological polar surface area (TPSA) is 12.0 Å². The van der Waals surface area contributed by atoms with Gasteiger partial charge in [-0.05, 0) is 42.7 Å². The minimum Gasteiger partial charge on any atom is -0.389 e. The van der Waals surface area contributed by atoms with Crippen LogP contribution in [0.3, 0.4) is 0 Å². The fraction of sp³-hybridized carbons (Fsp3) is 0.474. The Balaban J connectivity index is 3.02. The Hall–Kier alpha value is -1.50. The second kappa shape index (κ2) is 6.78. The molecule has 20 heavy (non-hydrogen) atoms. The van der Waals surface area contributed by atoms with Crippen molar-refractivity contribution in [3.05, 3.63) is 54.2 Å². The Morgan fingerprint density at radius 3 is 2.40 bits per heavy atom. The molecular formula is C19H29N. The third-order valence-corrected chi connectivity index (χ3v) is 4.36. The van der Waals surface area contributed by atoms with E-state index in [1.165, 1.54) is 11.1 Å². The first-order valence-electron chi connectivity index (χ1n) is 7.43. The van der Waals surface area contributed by atoms with Gasteiger partial charge in [0, 0.05) is 12.2 Å². The van der Waals surface area contributed by atoms with Gasteiger partial charge in [0.1, 0.15) is 0 Å². The number of hydrogen-bond acceptors (Lipinski definition) is 1. The Morgan fingerprint density at radius 2 is 1.90 bits per heavy atom. The van der Waals surface area contributed by atoms with Gasteiger partial charge in [0.2, 0.25) is 0 Å². The molecule has 0 heterocycles. The van der Waals surface area contributed by atoms with Crippen LogP contribution >= 0.6 is 0 Å². The summed E-state index contributed by atoms with van der Waals surface area (Å²) in [5.74, 6) is 0.579. The van der Waals surface area contributed by atoms with Crippen LogP contribution in [-0.4, -0.2) is 6.54 Å². The summed E-state index contributed by atoms with van der Waals surface area (Å²) in [6, 6.07) is 8.82. The highest BCUT2D eigenvalue weighted by Gasteiger charge is 2.30. The van der Waals surface area contributed by atoms with Crippen LogP contribution in [0.4, 0.5) is 0 Å². The Labute approximate surface area is 124 Å². The molecule has 1 nitrogen and oxygen atoms in total. The minimum atomic E-state index is 0.161. The SMILES string of the molecule is C=C(C)NCCC(C)(c1cccc(C(=C)C)c1)C(C)C. The average molecular weight is 271 g/mol. The lowest BCUT2D eigenvalue weighted by molar-refractivity contribution is 0.312. The van der Waals surface area contributed by atoms with Crippen LogP contribution in [-0.2, 0) is 5.41 Å². The monoisotopic (exact) mass is 271 g/mol. The van der Waals surface area contributed by atoms with Gasteiger partial charge in [-0.3, -0.25) is 0 Å². The lowest BCUT2D eigenvalue weighted by Gasteiger charge is -2.35. The summed E-state index contributed by atoms with van der Waals surface area (Å²) in [6.07, 6.45) is 1.09. The Kier molecular flexibility index (Phi) is 5.62.